The molecular weight excluding hydrogens is 341 g/mol. The minimum absolute atomic E-state index is 0.0201. The van der Waals surface area contributed by atoms with Gasteiger partial charge in [0.25, 0.3) is 6.09 Å². The number of carboxylic acids is 1. The number of nitrogens with one attached hydrogen (secondary N) is 2. The van der Waals surface area contributed by atoms with Crippen molar-refractivity contribution in [3.8, 4) is 0 Å². The number of halogens is 1. The Hall–Kier alpha value is -2.41. The molecule has 130 valence electrons. The third kappa shape index (κ3) is 3.99. The fraction of sp³-hybridized carbons (Fsp3) is 0.278. The van der Waals surface area contributed by atoms with E-state index in [1.165, 1.54) is 18.4 Å². The normalized spacial score (nSPS) is 13.6. The summed E-state index contributed by atoms with van der Waals surface area (Å²) in [5.41, 5.74) is 2.10. The first kappa shape index (κ1) is 17.4. The zero-order chi connectivity index (χ0) is 18.0. The van der Waals surface area contributed by atoms with Gasteiger partial charge in [-0.25, -0.2) is 0 Å². The molecule has 25 heavy (non-hydrogen) atoms. The van der Waals surface area contributed by atoms with Crippen LogP contribution in [-0.4, -0.2) is 33.0 Å². The zero-order valence-electron chi connectivity index (χ0n) is 13.5. The van der Waals surface area contributed by atoms with Crippen molar-refractivity contribution in [2.45, 2.75) is 25.3 Å². The van der Waals surface area contributed by atoms with Crippen molar-refractivity contribution in [2.75, 3.05) is 5.75 Å². The van der Waals surface area contributed by atoms with Crippen molar-refractivity contribution >= 4 is 39.8 Å². The molecule has 0 atom stereocenters. The van der Waals surface area contributed by atoms with E-state index in [2.05, 4.69) is 0 Å². The summed E-state index contributed by atoms with van der Waals surface area (Å²) in [6, 6.07) is 11.9. The highest BCUT2D eigenvalue weighted by Crippen LogP contribution is 2.43. The average Bonchev–Trinajstić information content (AvgIpc) is 3.42. The maximum Gasteiger partial charge on any atom is 0.313 e. The predicted octanol–water partition coefficient (Wildman–Crippen LogP) is 4.18. The van der Waals surface area contributed by atoms with Crippen LogP contribution in [0.15, 0.2) is 36.4 Å². The highest BCUT2D eigenvalue weighted by Gasteiger charge is 2.26. The smallest absolute Gasteiger partial charge is 0.313 e. The van der Waals surface area contributed by atoms with Crippen LogP contribution in [0.2, 0.25) is 0 Å². The van der Waals surface area contributed by atoms with Crippen LogP contribution in [0.25, 0.3) is 10.8 Å². The lowest BCUT2D eigenvalue weighted by atomic mass is 9.97. The Kier molecular flexibility index (Phi) is 5.03. The molecule has 5 nitrogen and oxygen atoms in total. The highest BCUT2D eigenvalue weighted by atomic mass is 32.2. The van der Waals surface area contributed by atoms with Gasteiger partial charge in [-0.05, 0) is 40.7 Å². The molecular formula is C18H18FN3O2S. The van der Waals surface area contributed by atoms with Gasteiger partial charge in [0.15, 0.2) is 5.17 Å². The van der Waals surface area contributed by atoms with E-state index in [1.807, 2.05) is 36.4 Å². The van der Waals surface area contributed by atoms with Crippen LogP contribution in [0.4, 0.5) is 4.39 Å². The minimum Gasteiger partial charge on any atom is -0.481 e. The molecule has 3 rings (SSSR count). The van der Waals surface area contributed by atoms with E-state index >= 15 is 0 Å². The van der Waals surface area contributed by atoms with Gasteiger partial charge in [-0.15, -0.1) is 0 Å². The second-order valence-electron chi connectivity index (χ2n) is 6.00. The summed E-state index contributed by atoms with van der Waals surface area (Å²) in [5, 5.41) is 25.7. The molecule has 2 aromatic carbocycles. The quantitative estimate of drug-likeness (QED) is 0.425. The molecule has 0 radical (unpaired) electrons. The molecule has 2 aromatic rings. The van der Waals surface area contributed by atoms with E-state index in [-0.39, 0.29) is 17.5 Å². The molecule has 1 aliphatic carbocycles. The maximum atomic E-state index is 13.7. The molecule has 0 aliphatic heterocycles. The summed E-state index contributed by atoms with van der Waals surface area (Å²) >= 11 is 0.693. The number of thioether (sulfide) groups is 1. The number of benzene rings is 2. The molecule has 0 spiro atoms. The van der Waals surface area contributed by atoms with E-state index in [0.717, 1.165) is 21.2 Å². The Bertz CT molecular complexity index is 851. The Balaban J connectivity index is 1.90. The molecule has 1 aliphatic rings. The highest BCUT2D eigenvalue weighted by molar-refractivity contribution is 8.14. The number of aliphatic carboxylic acids is 1. The van der Waals surface area contributed by atoms with Crippen molar-refractivity contribution in [1.29, 1.82) is 10.8 Å². The Morgan fingerprint density at radius 2 is 1.88 bits per heavy atom. The lowest BCUT2D eigenvalue weighted by molar-refractivity contribution is -0.133. The fourth-order valence-corrected chi connectivity index (χ4v) is 3.44. The van der Waals surface area contributed by atoms with Crippen LogP contribution in [0.5, 0.6) is 0 Å². The van der Waals surface area contributed by atoms with Gasteiger partial charge in [0.1, 0.15) is 0 Å². The van der Waals surface area contributed by atoms with Crippen LogP contribution in [0.3, 0.4) is 0 Å². The zero-order valence-corrected chi connectivity index (χ0v) is 14.3. The summed E-state index contributed by atoms with van der Waals surface area (Å²) < 4.78 is 13.7. The standard InChI is InChI=1S/C18H18FN3O2S/c19-17(20)22(18(21)25-10-16(23)24)9-12-7-8-14(11-5-6-11)15-4-2-1-3-13(12)15/h1-4,7-8,11,20-21H,5-6,9-10H2,(H,23,24). The molecule has 0 bridgehead atoms. The Morgan fingerprint density at radius 1 is 1.20 bits per heavy atom. The summed E-state index contributed by atoms with van der Waals surface area (Å²) in [7, 11) is 0. The topological polar surface area (TPSA) is 88.2 Å². The molecule has 0 heterocycles. The number of amidine groups is 2. The monoisotopic (exact) mass is 359 g/mol. The molecule has 7 heteroatoms. The first-order valence-corrected chi connectivity index (χ1v) is 8.91. The van der Waals surface area contributed by atoms with Crippen molar-refractivity contribution in [3.05, 3.63) is 47.5 Å². The second-order valence-corrected chi connectivity index (χ2v) is 6.96. The number of rotatable bonds is 5. The van der Waals surface area contributed by atoms with E-state index in [4.69, 9.17) is 15.9 Å². The summed E-state index contributed by atoms with van der Waals surface area (Å²) in [6.07, 6.45) is 1.10. The van der Waals surface area contributed by atoms with Crippen LogP contribution in [0.1, 0.15) is 29.9 Å². The third-order valence-corrected chi connectivity index (χ3v) is 5.09. The van der Waals surface area contributed by atoms with Crippen molar-refractivity contribution in [3.63, 3.8) is 0 Å². The van der Waals surface area contributed by atoms with E-state index in [1.54, 1.807) is 0 Å². The van der Waals surface area contributed by atoms with Crippen molar-refractivity contribution in [2.24, 2.45) is 0 Å². The van der Waals surface area contributed by atoms with Crippen molar-refractivity contribution in [1.82, 2.24) is 4.90 Å². The number of hydrogen-bond donors (Lipinski definition) is 3. The van der Waals surface area contributed by atoms with Gasteiger partial charge in [-0.2, -0.15) is 4.39 Å². The van der Waals surface area contributed by atoms with Gasteiger partial charge in [-0.1, -0.05) is 48.2 Å². The lowest BCUT2D eigenvalue weighted by Crippen LogP contribution is -2.31. The summed E-state index contributed by atoms with van der Waals surface area (Å²) in [5.74, 6) is -0.845. The van der Waals surface area contributed by atoms with Crippen molar-refractivity contribution < 1.29 is 14.3 Å². The fourth-order valence-electron chi connectivity index (χ4n) is 2.88. The minimum atomic E-state index is -1.27. The maximum absolute atomic E-state index is 13.7. The van der Waals surface area contributed by atoms with Gasteiger partial charge < -0.3 is 5.11 Å². The first-order valence-electron chi connectivity index (χ1n) is 7.92. The molecule has 0 unspecified atom stereocenters. The van der Waals surface area contributed by atoms with Crippen LogP contribution in [0, 0.1) is 10.8 Å². The van der Waals surface area contributed by atoms with E-state index < -0.39 is 12.1 Å². The molecule has 0 amide bonds. The Morgan fingerprint density at radius 3 is 2.48 bits per heavy atom. The third-order valence-electron chi connectivity index (χ3n) is 4.21. The van der Waals surface area contributed by atoms with Gasteiger partial charge in [-0.3, -0.25) is 20.5 Å². The largest absolute Gasteiger partial charge is 0.481 e. The first-order chi connectivity index (χ1) is 12.0. The predicted molar refractivity (Wildman–Crippen MR) is 98.1 cm³/mol. The van der Waals surface area contributed by atoms with Gasteiger partial charge >= 0.3 is 5.97 Å². The number of fused-ring (bicyclic) bond motifs is 1. The number of carbonyl (C=O) groups is 1. The molecule has 3 N–H and O–H groups in total. The lowest BCUT2D eigenvalue weighted by Gasteiger charge is -2.21. The van der Waals surface area contributed by atoms with E-state index in [9.17, 15) is 9.18 Å². The van der Waals surface area contributed by atoms with Gasteiger partial charge in [0.05, 0.1) is 12.3 Å². The Labute approximate surface area is 148 Å². The summed E-state index contributed by atoms with van der Waals surface area (Å²) in [4.78, 5) is 11.5. The van der Waals surface area contributed by atoms with Gasteiger partial charge in [0.2, 0.25) is 0 Å². The molecule has 1 fully saturated rings. The van der Waals surface area contributed by atoms with Gasteiger partial charge in [0, 0.05) is 0 Å². The van der Waals surface area contributed by atoms with E-state index in [0.29, 0.717) is 17.7 Å². The number of nitrogens with zero attached hydrogens (tertiary/aromatic N) is 1. The molecule has 0 aromatic heterocycles. The van der Waals surface area contributed by atoms with Crippen LogP contribution in [-0.2, 0) is 11.3 Å². The second kappa shape index (κ2) is 7.23. The summed E-state index contributed by atoms with van der Waals surface area (Å²) in [6.45, 7) is 0.0201. The SMILES string of the molecule is N=C(F)N(Cc1ccc(C2CC2)c2ccccc12)C(=N)SCC(=O)O. The number of hydrogen-bond acceptors (Lipinski definition) is 4. The molecule has 0 saturated heterocycles. The van der Waals surface area contributed by atoms with Crippen LogP contribution >= 0.6 is 11.8 Å². The molecule has 1 saturated carbocycles. The average molecular weight is 359 g/mol. The van der Waals surface area contributed by atoms with Crippen LogP contribution < -0.4 is 0 Å². The number of carboxylic acid groups (broad SMARTS) is 1.